The first-order valence-electron chi connectivity index (χ1n) is 30.4. The quantitative estimate of drug-likeness (QED) is 0.0232. The van der Waals surface area contributed by atoms with E-state index in [0.29, 0.717) is 59.3 Å². The number of aliphatic hydroxyl groups is 2. The van der Waals surface area contributed by atoms with Crippen LogP contribution < -0.4 is 34.9 Å². The van der Waals surface area contributed by atoms with E-state index in [1.54, 1.807) is 105 Å². The van der Waals surface area contributed by atoms with Crippen LogP contribution in [0.2, 0.25) is 0 Å². The van der Waals surface area contributed by atoms with Gasteiger partial charge in [0.05, 0.1) is 70.4 Å². The molecule has 0 aliphatic carbocycles. The predicted molar refractivity (Wildman–Crippen MR) is 423 cm³/mol. The summed E-state index contributed by atoms with van der Waals surface area (Å²) in [5.74, 6) is 1.89. The average Bonchev–Trinajstić information content (AvgIpc) is 1.66. The Hall–Kier alpha value is -8.29. The average molecular weight is 1760 g/mol. The molecular weight excluding hydrogens is 1680 g/mol. The first-order valence-corrected chi connectivity index (χ1v) is 35.5. The summed E-state index contributed by atoms with van der Waals surface area (Å²) in [4.78, 5) is 48.7. The highest BCUT2D eigenvalue weighted by atomic mass is 127. The van der Waals surface area contributed by atoms with E-state index in [1.807, 2.05) is 159 Å². The lowest BCUT2D eigenvalue weighted by molar-refractivity contribution is 0.151. The molecule has 2 aromatic carbocycles. The lowest BCUT2D eigenvalue weighted by atomic mass is 10.1. The molecule has 12 aromatic rings. The summed E-state index contributed by atoms with van der Waals surface area (Å²) in [7, 11) is 15.9. The van der Waals surface area contributed by atoms with E-state index in [-0.39, 0.29) is 20.5 Å². The Morgan fingerprint density at radius 2 is 0.913 bits per heavy atom. The standard InChI is InChI=1S/C22H21F2N5OS.C13H14FN3.C12H11BrFN3.C10H10BrFN2OS.C7H10BN2O2.C5H2BrFIN.CH4/c1-29(2)20-8-3-13(11-26-20)17-7-5-16(21(24)27-17)22-28-18-6-4-14(9-19(18)31-22)25-12-15(30)10-23;1-9-4-6-11(16-13(9)14)10-5-7-12(15-8-10)17(2)3;1-17(2)11-6-3-8(7-15-11)10-5-4-9(13)12(14)16-10;11-10-14-8-2-1-6(3-9(8)16-10)13-5-7(15)4-12;1-10(2)7-4-3-6(5-9-7)12-8-11;6-3-1-2-4(8)9-5(3)7;/h3-9,11,15,25,30H,10,12H2,1-2H3;4-8H,1-3H3;3-7H,1-2H3;1-3,7,13,15H,4-5H2;3-5,11H,1-2H3;1-2H;1H4. The van der Waals surface area contributed by atoms with Crippen LogP contribution in [0.15, 0.2) is 171 Å². The number of fused-ring (bicyclic) bond motifs is 2. The number of thiazole rings is 2. The molecule has 103 heavy (non-hydrogen) atoms. The molecule has 0 aliphatic rings. The fraction of sp³-hybridized carbons (Fsp3) is 0.229. The van der Waals surface area contributed by atoms with Gasteiger partial charge in [-0.3, -0.25) is 0 Å². The molecule has 2 unspecified atom stereocenters. The SMILES string of the molecule is C.CN(C)c1ccc(-c2ccc(-c3nc4ccc(NCC(O)CF)cc4s3)c(F)n2)cn1.CN(C)c1ccc(-c2ccc(Br)c(F)n2)cn1.CN(C)c1ccc(O[B]O)cn1.Cc1ccc(-c2ccc(N(C)C)nc2)nc1F.Fc1nc(I)ccc1Br.OC(CF)CNc1ccc2nc(Br)sc2c1. The first kappa shape index (κ1) is 83.7. The predicted octanol–water partition coefficient (Wildman–Crippen LogP) is 16.2. The van der Waals surface area contributed by atoms with Crippen molar-refractivity contribution in [2.24, 2.45) is 0 Å². The Morgan fingerprint density at radius 3 is 1.31 bits per heavy atom. The second kappa shape index (κ2) is 41.3. The Kier molecular flexibility index (Phi) is 33.5. The molecule has 10 aromatic heterocycles. The van der Waals surface area contributed by atoms with Crippen molar-refractivity contribution in [1.29, 1.82) is 0 Å². The third-order valence-electron chi connectivity index (χ3n) is 13.8. The zero-order chi connectivity index (χ0) is 74.2. The minimum absolute atomic E-state index is 0. The Bertz CT molecular complexity index is 4530. The number of nitrogens with one attached hydrogen (secondary N) is 2. The Balaban J connectivity index is 0.000000203. The van der Waals surface area contributed by atoms with Gasteiger partial charge in [-0.25, -0.2) is 58.6 Å². The maximum atomic E-state index is 14.8. The van der Waals surface area contributed by atoms with Crippen molar-refractivity contribution < 1.29 is 46.2 Å². The lowest BCUT2D eigenvalue weighted by Gasteiger charge is -2.11. The molecular formula is C70H72BBr3F6IN16O4S2. The highest BCUT2D eigenvalue weighted by Gasteiger charge is 2.16. The maximum Gasteiger partial charge on any atom is 0.569 e. The van der Waals surface area contributed by atoms with E-state index in [4.69, 9.17) is 14.8 Å². The van der Waals surface area contributed by atoms with Crippen LogP contribution in [0.5, 0.6) is 5.75 Å². The van der Waals surface area contributed by atoms with Crippen LogP contribution in [0.4, 0.5) is 61.0 Å². The van der Waals surface area contributed by atoms with Gasteiger partial charge in [-0.1, -0.05) is 13.5 Å². The van der Waals surface area contributed by atoms with Gasteiger partial charge in [0, 0.05) is 122 Å². The molecule has 0 fully saturated rings. The van der Waals surface area contributed by atoms with Gasteiger partial charge in [0.15, 0.2) is 3.92 Å². The molecule has 541 valence electrons. The molecule has 0 aliphatic heterocycles. The van der Waals surface area contributed by atoms with Crippen molar-refractivity contribution in [1.82, 2.24) is 49.8 Å². The third kappa shape index (κ3) is 25.8. The fourth-order valence-corrected chi connectivity index (χ4v) is 11.6. The molecule has 0 spiro atoms. The number of nitrogens with zero attached hydrogens (tertiary/aromatic N) is 14. The van der Waals surface area contributed by atoms with Gasteiger partial charge in [0.25, 0.3) is 0 Å². The van der Waals surface area contributed by atoms with Crippen LogP contribution in [0, 0.1) is 34.4 Å². The molecule has 0 bridgehead atoms. The summed E-state index contributed by atoms with van der Waals surface area (Å²) < 4.78 is 87.2. The molecule has 2 atom stereocenters. The maximum absolute atomic E-state index is 14.8. The monoisotopic (exact) mass is 1750 g/mol. The van der Waals surface area contributed by atoms with E-state index in [9.17, 15) is 31.4 Å². The van der Waals surface area contributed by atoms with Crippen molar-refractivity contribution in [2.45, 2.75) is 26.6 Å². The van der Waals surface area contributed by atoms with Gasteiger partial charge in [0.2, 0.25) is 23.8 Å². The van der Waals surface area contributed by atoms with Gasteiger partial charge >= 0.3 is 7.69 Å². The summed E-state index contributed by atoms with van der Waals surface area (Å²) in [5.41, 5.74) is 8.12. The number of hydrogen-bond acceptors (Lipinski definition) is 22. The smallest absolute Gasteiger partial charge is 0.536 e. The van der Waals surface area contributed by atoms with Crippen molar-refractivity contribution in [3.05, 3.63) is 204 Å². The molecule has 10 heterocycles. The highest BCUT2D eigenvalue weighted by molar-refractivity contribution is 14.1. The molecule has 1 radical (unpaired) electrons. The van der Waals surface area contributed by atoms with Gasteiger partial charge in [-0.05, 0) is 205 Å². The van der Waals surface area contributed by atoms with Crippen LogP contribution in [-0.2, 0) is 0 Å². The van der Waals surface area contributed by atoms with E-state index in [0.717, 1.165) is 75.7 Å². The molecule has 20 nitrogen and oxygen atoms in total. The highest BCUT2D eigenvalue weighted by Crippen LogP contribution is 2.35. The number of anilines is 6. The van der Waals surface area contributed by atoms with E-state index in [1.165, 1.54) is 22.7 Å². The van der Waals surface area contributed by atoms with Crippen molar-refractivity contribution in [3.63, 3.8) is 0 Å². The second-order valence-electron chi connectivity index (χ2n) is 22.3. The van der Waals surface area contributed by atoms with E-state index >= 15 is 0 Å². The topological polar surface area (TPSA) is 236 Å². The number of halogens is 10. The number of aromatic nitrogens is 10. The number of rotatable bonds is 18. The molecule has 0 saturated heterocycles. The summed E-state index contributed by atoms with van der Waals surface area (Å²) >= 11 is 14.2. The summed E-state index contributed by atoms with van der Waals surface area (Å²) in [6, 6.07) is 39.6. The number of aliphatic hydroxyl groups excluding tert-OH is 2. The first-order chi connectivity index (χ1) is 48.7. The van der Waals surface area contributed by atoms with Crippen molar-refractivity contribution in [2.75, 3.05) is 113 Å². The summed E-state index contributed by atoms with van der Waals surface area (Å²) in [5, 5.41) is 33.2. The number of alkyl halides is 2. The molecule has 0 amide bonds. The lowest BCUT2D eigenvalue weighted by Crippen LogP contribution is -2.21. The van der Waals surface area contributed by atoms with Gasteiger partial charge < -0.3 is 50.1 Å². The summed E-state index contributed by atoms with van der Waals surface area (Å²) in [6.45, 7) is 0.471. The van der Waals surface area contributed by atoms with Crippen LogP contribution in [0.25, 0.3) is 64.8 Å². The molecule has 33 heteroatoms. The second-order valence-corrected chi connectivity index (χ2v) is 28.5. The number of benzene rings is 2. The van der Waals surface area contributed by atoms with Crippen molar-refractivity contribution in [3.8, 4) is 50.1 Å². The van der Waals surface area contributed by atoms with Crippen molar-refractivity contribution >= 4 is 156 Å². The van der Waals surface area contributed by atoms with Crippen LogP contribution in [0.3, 0.4) is 0 Å². The number of pyridine rings is 8. The number of hydrogen-bond donors (Lipinski definition) is 5. The Morgan fingerprint density at radius 1 is 0.495 bits per heavy atom. The van der Waals surface area contributed by atoms with Gasteiger partial charge in [0.1, 0.15) is 51.1 Å². The minimum Gasteiger partial charge on any atom is -0.536 e. The largest absolute Gasteiger partial charge is 0.569 e. The van der Waals surface area contributed by atoms with E-state index < -0.39 is 49.3 Å². The normalized spacial score (nSPS) is 11.0. The molecule has 5 N–H and O–H groups in total. The Labute approximate surface area is 640 Å². The fourth-order valence-electron chi connectivity index (χ4n) is 8.30. The van der Waals surface area contributed by atoms with Gasteiger partial charge in [-0.2, -0.15) is 17.6 Å². The molecule has 12 rings (SSSR count). The van der Waals surface area contributed by atoms with E-state index in [2.05, 4.69) is 108 Å². The zero-order valence-electron chi connectivity index (χ0n) is 56.2. The summed E-state index contributed by atoms with van der Waals surface area (Å²) in [6.07, 6.45) is 4.59. The van der Waals surface area contributed by atoms with Gasteiger partial charge in [-0.15, -0.1) is 22.7 Å². The van der Waals surface area contributed by atoms with Crippen LogP contribution in [0.1, 0.15) is 13.0 Å². The molecule has 0 saturated carbocycles. The zero-order valence-corrected chi connectivity index (χ0v) is 64.7. The van der Waals surface area contributed by atoms with Crippen LogP contribution >= 0.6 is 93.1 Å². The number of aryl methyl sites for hydroxylation is 1. The van der Waals surface area contributed by atoms with Crippen LogP contribution in [-0.4, -0.2) is 168 Å². The minimum atomic E-state index is -1.05. The third-order valence-corrected chi connectivity index (χ3v) is 18.1.